The Morgan fingerprint density at radius 3 is 1.17 bits per heavy atom. The van der Waals surface area contributed by atoms with Crippen LogP contribution in [0, 0.1) is 0 Å². The first-order valence-electron chi connectivity index (χ1n) is 7.50. The molecule has 3 rings (SSSR count). The Hall–Kier alpha value is -2.82. The van der Waals surface area contributed by atoms with Crippen molar-refractivity contribution in [3.63, 3.8) is 0 Å². The Bertz CT molecular complexity index is 736. The fraction of sp³-hybridized carbons (Fsp3) is 0.100. The van der Waals surface area contributed by atoms with Crippen molar-refractivity contribution in [1.82, 2.24) is 0 Å². The van der Waals surface area contributed by atoms with Gasteiger partial charge in [0.15, 0.2) is 11.2 Å². The van der Waals surface area contributed by atoms with Gasteiger partial charge in [-0.3, -0.25) is 9.59 Å². The third-order valence-electron chi connectivity index (χ3n) is 3.98. The summed E-state index contributed by atoms with van der Waals surface area (Å²) < 4.78 is 0. The van der Waals surface area contributed by atoms with Gasteiger partial charge in [-0.25, -0.2) is 0 Å². The van der Waals surface area contributed by atoms with Crippen LogP contribution in [0.3, 0.4) is 0 Å². The number of aliphatic hydroxyl groups is 2. The molecule has 0 heterocycles. The Balaban J connectivity index is 1.87. The second kappa shape index (κ2) is 6.00. The Morgan fingerprint density at radius 1 is 0.583 bits per heavy atom. The smallest absolute Gasteiger partial charge is 0.202 e. The van der Waals surface area contributed by atoms with Crippen molar-refractivity contribution >= 4 is 11.6 Å². The van der Waals surface area contributed by atoms with Crippen molar-refractivity contribution in [2.24, 2.45) is 0 Å². The van der Waals surface area contributed by atoms with Crippen molar-refractivity contribution < 1.29 is 19.8 Å². The van der Waals surface area contributed by atoms with E-state index in [1.807, 2.05) is 0 Å². The maximum absolute atomic E-state index is 12.5. The van der Waals surface area contributed by atoms with Gasteiger partial charge in [0.2, 0.25) is 11.6 Å². The summed E-state index contributed by atoms with van der Waals surface area (Å²) in [6, 6.07) is 16.7. The van der Waals surface area contributed by atoms with Gasteiger partial charge in [0.1, 0.15) is 0 Å². The molecule has 1 aliphatic rings. The molecule has 0 aromatic heterocycles. The van der Waals surface area contributed by atoms with Gasteiger partial charge in [-0.15, -0.1) is 0 Å². The lowest BCUT2D eigenvalue weighted by molar-refractivity contribution is 0.0577. The molecule has 0 saturated heterocycles. The number of carbonyl (C=O) groups excluding carboxylic acids is 2. The molecule has 2 aromatic rings. The number of ketones is 2. The Morgan fingerprint density at radius 2 is 0.875 bits per heavy atom. The van der Waals surface area contributed by atoms with Gasteiger partial charge in [-0.05, 0) is 24.3 Å². The zero-order valence-corrected chi connectivity index (χ0v) is 12.8. The van der Waals surface area contributed by atoms with Crippen LogP contribution in [0.1, 0.15) is 20.7 Å². The van der Waals surface area contributed by atoms with Gasteiger partial charge in [-0.1, -0.05) is 60.7 Å². The average molecular weight is 320 g/mol. The molecule has 24 heavy (non-hydrogen) atoms. The molecule has 120 valence electrons. The highest BCUT2D eigenvalue weighted by Gasteiger charge is 2.40. The van der Waals surface area contributed by atoms with E-state index in [-0.39, 0.29) is 0 Å². The van der Waals surface area contributed by atoms with E-state index in [0.717, 1.165) is 24.3 Å². The third kappa shape index (κ3) is 2.85. The van der Waals surface area contributed by atoms with E-state index in [9.17, 15) is 19.8 Å². The lowest BCUT2D eigenvalue weighted by Gasteiger charge is -2.28. The molecule has 0 spiro atoms. The lowest BCUT2D eigenvalue weighted by Crippen LogP contribution is -2.43. The summed E-state index contributed by atoms with van der Waals surface area (Å²) in [5.41, 5.74) is -3.09. The summed E-state index contributed by atoms with van der Waals surface area (Å²) in [6.45, 7) is 0. The summed E-state index contributed by atoms with van der Waals surface area (Å²) in [5, 5.41) is 21.1. The molecular weight excluding hydrogens is 304 g/mol. The zero-order valence-electron chi connectivity index (χ0n) is 12.8. The summed E-state index contributed by atoms with van der Waals surface area (Å²) >= 11 is 0. The number of benzene rings is 2. The maximum Gasteiger partial charge on any atom is 0.202 e. The van der Waals surface area contributed by atoms with E-state index in [2.05, 4.69) is 0 Å². The monoisotopic (exact) mass is 320 g/mol. The van der Waals surface area contributed by atoms with Crippen molar-refractivity contribution in [3.8, 4) is 0 Å². The minimum absolute atomic E-state index is 0.342. The van der Waals surface area contributed by atoms with Gasteiger partial charge in [0.05, 0.1) is 0 Å². The molecule has 0 unspecified atom stereocenters. The van der Waals surface area contributed by atoms with Crippen molar-refractivity contribution in [2.45, 2.75) is 11.2 Å². The van der Waals surface area contributed by atoms with Gasteiger partial charge >= 0.3 is 0 Å². The highest BCUT2D eigenvalue weighted by atomic mass is 16.3. The molecule has 1 aliphatic carbocycles. The summed E-state index contributed by atoms with van der Waals surface area (Å²) in [4.78, 5) is 24.9. The standard InChI is InChI=1S/C20H16O4/c21-17(15-7-3-1-4-8-15)19(23)11-13-20(24,14-12-19)18(22)16-9-5-2-6-10-16/h1-14,23-24H. The molecule has 0 aliphatic heterocycles. The molecule has 4 heteroatoms. The van der Waals surface area contributed by atoms with Crippen LogP contribution >= 0.6 is 0 Å². The molecule has 0 saturated carbocycles. The lowest BCUT2D eigenvalue weighted by atomic mass is 9.81. The SMILES string of the molecule is O=C(c1ccccc1)C1(O)C=CC(O)(C(=O)c2ccccc2)C=C1. The normalized spacial score (nSPS) is 25.4. The van der Waals surface area contributed by atoms with Crippen LogP contribution in [-0.2, 0) is 0 Å². The fourth-order valence-electron chi connectivity index (χ4n) is 2.56. The second-order valence-corrected chi connectivity index (χ2v) is 5.71. The topological polar surface area (TPSA) is 74.6 Å². The van der Waals surface area contributed by atoms with Crippen molar-refractivity contribution in [2.75, 3.05) is 0 Å². The van der Waals surface area contributed by atoms with E-state index in [0.29, 0.717) is 11.1 Å². The first-order chi connectivity index (χ1) is 11.4. The van der Waals surface area contributed by atoms with Gasteiger partial charge in [0, 0.05) is 11.1 Å². The molecule has 0 atom stereocenters. The fourth-order valence-corrected chi connectivity index (χ4v) is 2.56. The van der Waals surface area contributed by atoms with E-state index in [1.54, 1.807) is 60.7 Å². The van der Waals surface area contributed by atoms with Crippen LogP contribution in [0.25, 0.3) is 0 Å². The van der Waals surface area contributed by atoms with E-state index < -0.39 is 22.8 Å². The van der Waals surface area contributed by atoms with Crippen LogP contribution in [0.15, 0.2) is 85.0 Å². The molecular formula is C20H16O4. The minimum Gasteiger partial charge on any atom is -0.374 e. The minimum atomic E-state index is -1.88. The first kappa shape index (κ1) is 16.1. The predicted molar refractivity (Wildman–Crippen MR) is 89.7 cm³/mol. The predicted octanol–water partition coefficient (Wildman–Crippen LogP) is 2.34. The molecule has 2 N–H and O–H groups in total. The summed E-state index contributed by atoms with van der Waals surface area (Å²) in [7, 11) is 0. The summed E-state index contributed by atoms with van der Waals surface area (Å²) in [5.74, 6) is -1.05. The first-order valence-corrected chi connectivity index (χ1v) is 7.50. The number of Topliss-reactive ketones (excluding diaryl/α,β-unsaturated/α-hetero) is 2. The molecule has 0 bridgehead atoms. The zero-order chi connectivity index (χ0) is 17.2. The van der Waals surface area contributed by atoms with Crippen LogP contribution in [-0.4, -0.2) is 33.0 Å². The number of rotatable bonds is 4. The maximum atomic E-state index is 12.5. The van der Waals surface area contributed by atoms with Crippen LogP contribution in [0.5, 0.6) is 0 Å². The molecule has 2 aromatic carbocycles. The van der Waals surface area contributed by atoms with E-state index >= 15 is 0 Å². The van der Waals surface area contributed by atoms with Crippen molar-refractivity contribution in [1.29, 1.82) is 0 Å². The molecule has 0 amide bonds. The highest BCUT2D eigenvalue weighted by Crippen LogP contribution is 2.28. The van der Waals surface area contributed by atoms with Crippen LogP contribution < -0.4 is 0 Å². The Kier molecular flexibility index (Phi) is 4.01. The number of carbonyl (C=O) groups is 2. The summed E-state index contributed by atoms with van der Waals surface area (Å²) in [6.07, 6.45) is 4.62. The van der Waals surface area contributed by atoms with Gasteiger partial charge in [-0.2, -0.15) is 0 Å². The Labute approximate surface area is 139 Å². The van der Waals surface area contributed by atoms with Gasteiger partial charge in [0.25, 0.3) is 0 Å². The van der Waals surface area contributed by atoms with E-state index in [1.165, 1.54) is 0 Å². The van der Waals surface area contributed by atoms with Crippen LogP contribution in [0.4, 0.5) is 0 Å². The molecule has 4 nitrogen and oxygen atoms in total. The van der Waals surface area contributed by atoms with Crippen molar-refractivity contribution in [3.05, 3.63) is 96.1 Å². The molecule has 0 radical (unpaired) electrons. The highest BCUT2D eigenvalue weighted by molar-refractivity contribution is 6.08. The molecule has 0 fully saturated rings. The van der Waals surface area contributed by atoms with E-state index in [4.69, 9.17) is 0 Å². The average Bonchev–Trinajstić information content (AvgIpc) is 2.64. The quantitative estimate of drug-likeness (QED) is 0.670. The number of hydrogen-bond donors (Lipinski definition) is 2. The van der Waals surface area contributed by atoms with Gasteiger partial charge < -0.3 is 10.2 Å². The second-order valence-electron chi connectivity index (χ2n) is 5.71. The van der Waals surface area contributed by atoms with Crippen LogP contribution in [0.2, 0.25) is 0 Å². The third-order valence-corrected chi connectivity index (χ3v) is 3.98. The largest absolute Gasteiger partial charge is 0.374 e. The number of hydrogen-bond acceptors (Lipinski definition) is 4.